The standard InChI is InChI=1S/C5H8N2/c1-2-6-5-3-4(1)7(5)6/h4-5H,1-3H2. The Morgan fingerprint density at radius 1 is 1.43 bits per heavy atom. The molecule has 4 atom stereocenters. The summed E-state index contributed by atoms with van der Waals surface area (Å²) >= 11 is 0. The summed E-state index contributed by atoms with van der Waals surface area (Å²) in [5, 5.41) is 4.98. The first-order chi connectivity index (χ1) is 3.47. The Hall–Kier alpha value is -0.0800. The topological polar surface area (TPSA) is 6.02 Å². The van der Waals surface area contributed by atoms with E-state index in [-0.39, 0.29) is 0 Å². The average Bonchev–Trinajstić information content (AvgIpc) is 2.02. The van der Waals surface area contributed by atoms with E-state index in [0.717, 1.165) is 12.2 Å². The molecule has 0 bridgehead atoms. The Balaban J connectivity index is 2.07. The molecule has 0 aliphatic carbocycles. The highest BCUT2D eigenvalue weighted by Gasteiger charge is 2.63. The van der Waals surface area contributed by atoms with Gasteiger partial charge in [-0.15, -0.1) is 0 Å². The zero-order chi connectivity index (χ0) is 4.43. The highest BCUT2D eigenvalue weighted by molar-refractivity contribution is 5.07. The summed E-state index contributed by atoms with van der Waals surface area (Å²) < 4.78 is 0. The van der Waals surface area contributed by atoms with Crippen molar-refractivity contribution in [3.8, 4) is 0 Å². The molecule has 0 aromatic rings. The van der Waals surface area contributed by atoms with Gasteiger partial charge in [-0.1, -0.05) is 0 Å². The van der Waals surface area contributed by atoms with E-state index < -0.39 is 0 Å². The molecule has 2 heteroatoms. The van der Waals surface area contributed by atoms with Crippen LogP contribution >= 0.6 is 0 Å². The van der Waals surface area contributed by atoms with Crippen molar-refractivity contribution >= 4 is 0 Å². The lowest BCUT2D eigenvalue weighted by Gasteiger charge is -2.20. The van der Waals surface area contributed by atoms with Gasteiger partial charge in [0.1, 0.15) is 0 Å². The number of rotatable bonds is 0. The van der Waals surface area contributed by atoms with Crippen LogP contribution in [0.5, 0.6) is 0 Å². The van der Waals surface area contributed by atoms with Crippen molar-refractivity contribution in [2.24, 2.45) is 0 Å². The lowest BCUT2D eigenvalue weighted by molar-refractivity contribution is 0.252. The van der Waals surface area contributed by atoms with Crippen LogP contribution in [0.4, 0.5) is 0 Å². The van der Waals surface area contributed by atoms with E-state index in [4.69, 9.17) is 0 Å². The molecule has 3 aliphatic heterocycles. The van der Waals surface area contributed by atoms with Gasteiger partial charge in [0.15, 0.2) is 0 Å². The van der Waals surface area contributed by atoms with Gasteiger partial charge in [-0.3, -0.25) is 0 Å². The third kappa shape index (κ3) is 0.173. The number of hydrogen-bond donors (Lipinski definition) is 0. The third-order valence-corrected chi connectivity index (χ3v) is 2.44. The molecule has 0 saturated carbocycles. The number of nitrogens with zero attached hydrogens (tertiary/aromatic N) is 2. The third-order valence-electron chi connectivity index (χ3n) is 2.44. The molecule has 4 unspecified atom stereocenters. The van der Waals surface area contributed by atoms with Crippen molar-refractivity contribution in [2.45, 2.75) is 25.0 Å². The highest BCUT2D eigenvalue weighted by Crippen LogP contribution is 2.50. The van der Waals surface area contributed by atoms with Gasteiger partial charge in [0.2, 0.25) is 0 Å². The second-order valence-electron chi connectivity index (χ2n) is 2.70. The molecule has 2 nitrogen and oxygen atoms in total. The van der Waals surface area contributed by atoms with E-state index in [1.165, 1.54) is 19.4 Å². The van der Waals surface area contributed by atoms with Crippen LogP contribution in [0.2, 0.25) is 0 Å². The van der Waals surface area contributed by atoms with Gasteiger partial charge in [-0.25, -0.2) is 10.0 Å². The molecule has 0 amide bonds. The van der Waals surface area contributed by atoms with Crippen molar-refractivity contribution in [3.05, 3.63) is 0 Å². The molecule has 0 N–H and O–H groups in total. The van der Waals surface area contributed by atoms with Crippen LogP contribution in [0.15, 0.2) is 0 Å². The summed E-state index contributed by atoms with van der Waals surface area (Å²) in [5.74, 6) is 0. The lowest BCUT2D eigenvalue weighted by Crippen LogP contribution is -2.32. The van der Waals surface area contributed by atoms with Gasteiger partial charge in [0.25, 0.3) is 0 Å². The minimum atomic E-state index is 0.929. The first-order valence-electron chi connectivity index (χ1n) is 3.02. The first kappa shape index (κ1) is 3.05. The highest BCUT2D eigenvalue weighted by atomic mass is 15.9. The van der Waals surface area contributed by atoms with Crippen LogP contribution in [0.1, 0.15) is 12.8 Å². The zero-order valence-electron chi connectivity index (χ0n) is 4.17. The summed E-state index contributed by atoms with van der Waals surface area (Å²) in [6, 6.07) is 0.991. The second kappa shape index (κ2) is 0.644. The van der Waals surface area contributed by atoms with Crippen molar-refractivity contribution in [3.63, 3.8) is 0 Å². The summed E-state index contributed by atoms with van der Waals surface area (Å²) in [6.45, 7) is 1.36. The molecule has 3 heterocycles. The number of fused-ring (bicyclic) bond motifs is 1. The van der Waals surface area contributed by atoms with E-state index in [1.807, 2.05) is 0 Å². The minimum absolute atomic E-state index is 0.929. The monoisotopic (exact) mass is 96.1 g/mol. The van der Waals surface area contributed by atoms with E-state index in [9.17, 15) is 0 Å². The Kier molecular flexibility index (Phi) is 0.280. The Labute approximate surface area is 42.7 Å². The fraction of sp³-hybridized carbons (Fsp3) is 1.00. The molecule has 3 fully saturated rings. The van der Waals surface area contributed by atoms with Crippen LogP contribution in [0, 0.1) is 0 Å². The van der Waals surface area contributed by atoms with Gasteiger partial charge in [0.05, 0.1) is 6.17 Å². The van der Waals surface area contributed by atoms with Gasteiger partial charge in [-0.2, -0.15) is 0 Å². The largest absolute Gasteiger partial charge is 0.221 e. The van der Waals surface area contributed by atoms with Crippen LogP contribution in [-0.2, 0) is 0 Å². The molecule has 0 spiro atoms. The maximum absolute atomic E-state index is 2.50. The molecule has 3 saturated heterocycles. The van der Waals surface area contributed by atoms with E-state index in [0.29, 0.717) is 0 Å². The van der Waals surface area contributed by atoms with Crippen molar-refractivity contribution in [2.75, 3.05) is 6.54 Å². The predicted molar refractivity (Wildman–Crippen MR) is 25.4 cm³/mol. The smallest absolute Gasteiger partial charge is 0.0913 e. The Morgan fingerprint density at radius 3 is 2.57 bits per heavy atom. The average molecular weight is 96.1 g/mol. The summed E-state index contributed by atoms with van der Waals surface area (Å²) in [6.07, 6.45) is 3.84. The Morgan fingerprint density at radius 2 is 2.43 bits per heavy atom. The van der Waals surface area contributed by atoms with Crippen molar-refractivity contribution in [1.29, 1.82) is 0 Å². The van der Waals surface area contributed by atoms with E-state index in [2.05, 4.69) is 10.0 Å². The molecular weight excluding hydrogens is 88.1 g/mol. The minimum Gasteiger partial charge on any atom is -0.221 e. The van der Waals surface area contributed by atoms with Gasteiger partial charge in [0, 0.05) is 12.6 Å². The SMILES string of the molecule is C1CN2C3CC1N32. The number of hydrazine groups is 1. The first-order valence-corrected chi connectivity index (χ1v) is 3.02. The molecular formula is C5H8N2. The van der Waals surface area contributed by atoms with Crippen LogP contribution in [0.3, 0.4) is 0 Å². The summed E-state index contributed by atoms with van der Waals surface area (Å²) in [7, 11) is 0. The Bertz CT molecular complexity index is 110. The van der Waals surface area contributed by atoms with E-state index in [1.54, 1.807) is 0 Å². The molecule has 0 aromatic heterocycles. The fourth-order valence-corrected chi connectivity index (χ4v) is 1.96. The molecule has 3 rings (SSSR count). The predicted octanol–water partition coefficient (Wildman–Crippen LogP) is 0.0211. The molecule has 0 radical (unpaired) electrons. The summed E-state index contributed by atoms with van der Waals surface area (Å²) in [5.41, 5.74) is 0. The maximum Gasteiger partial charge on any atom is 0.0913 e. The molecule has 38 valence electrons. The fourth-order valence-electron chi connectivity index (χ4n) is 1.96. The van der Waals surface area contributed by atoms with Gasteiger partial charge < -0.3 is 0 Å². The second-order valence-corrected chi connectivity index (χ2v) is 2.70. The quantitative estimate of drug-likeness (QED) is 0.392. The maximum atomic E-state index is 2.50. The van der Waals surface area contributed by atoms with Crippen molar-refractivity contribution < 1.29 is 0 Å². The van der Waals surface area contributed by atoms with E-state index >= 15 is 0 Å². The van der Waals surface area contributed by atoms with Gasteiger partial charge >= 0.3 is 0 Å². The zero-order valence-corrected chi connectivity index (χ0v) is 4.17. The van der Waals surface area contributed by atoms with Crippen LogP contribution in [-0.4, -0.2) is 28.8 Å². The molecule has 3 aliphatic rings. The van der Waals surface area contributed by atoms with Crippen molar-refractivity contribution in [1.82, 2.24) is 10.0 Å². The molecule has 7 heavy (non-hydrogen) atoms. The number of piperidine rings is 1. The van der Waals surface area contributed by atoms with Crippen LogP contribution < -0.4 is 0 Å². The normalized spacial score (nSPS) is 72.0. The summed E-state index contributed by atoms with van der Waals surface area (Å²) in [4.78, 5) is 0. The van der Waals surface area contributed by atoms with Gasteiger partial charge in [-0.05, 0) is 12.8 Å². The molecule has 0 aromatic carbocycles. The number of hydrogen-bond acceptors (Lipinski definition) is 2. The lowest BCUT2D eigenvalue weighted by atomic mass is 10.0. The van der Waals surface area contributed by atoms with Crippen LogP contribution in [0.25, 0.3) is 0 Å².